The van der Waals surface area contributed by atoms with Gasteiger partial charge in [0, 0.05) is 46.7 Å². The maximum absolute atomic E-state index is 13.4. The fraction of sp³-hybridized carbons (Fsp3) is 0. The molecule has 0 bridgehead atoms. The lowest BCUT2D eigenvalue weighted by Crippen LogP contribution is -1.83. The van der Waals surface area contributed by atoms with Crippen LogP contribution in [0.5, 0.6) is 0 Å². The summed E-state index contributed by atoms with van der Waals surface area (Å²) in [5.41, 5.74) is 7.11. The van der Waals surface area contributed by atoms with Crippen LogP contribution in [0, 0.1) is 5.82 Å². The fourth-order valence-corrected chi connectivity index (χ4v) is 3.85. The van der Waals surface area contributed by atoms with Crippen LogP contribution in [0.1, 0.15) is 0 Å². The lowest BCUT2D eigenvalue weighted by molar-refractivity contribution is 0.628. The van der Waals surface area contributed by atoms with Crippen LogP contribution < -0.4 is 0 Å². The van der Waals surface area contributed by atoms with Crippen LogP contribution in [0.4, 0.5) is 4.39 Å². The molecule has 0 unspecified atom stereocenters. The minimum Gasteiger partial charge on any atom is -0.352 e. The molecular weight excluding hydrogens is 391 g/mol. The van der Waals surface area contributed by atoms with Gasteiger partial charge in [-0.15, -0.1) is 0 Å². The molecule has 0 saturated heterocycles. The number of rotatable bonds is 3. The van der Waals surface area contributed by atoms with Gasteiger partial charge in [0.25, 0.3) is 0 Å². The van der Waals surface area contributed by atoms with E-state index >= 15 is 0 Å². The molecule has 6 aromatic rings. The minimum absolute atomic E-state index is 0.264. The average molecular weight is 406 g/mol. The van der Waals surface area contributed by atoms with Crippen molar-refractivity contribution in [2.45, 2.75) is 0 Å². The molecule has 0 atom stereocenters. The molecule has 0 aliphatic heterocycles. The van der Waals surface area contributed by atoms with Crippen LogP contribution >= 0.6 is 0 Å². The molecule has 1 aromatic carbocycles. The SMILES string of the molecule is Fc1ccc(-c2cncc3[nH]c(-c4[nH]nc5ncc(-c6ccncc6)cc45)cc23)cc1. The van der Waals surface area contributed by atoms with Gasteiger partial charge in [-0.05, 0) is 47.5 Å². The summed E-state index contributed by atoms with van der Waals surface area (Å²) in [5.74, 6) is -0.264. The van der Waals surface area contributed by atoms with Crippen molar-refractivity contribution in [1.29, 1.82) is 0 Å². The quantitative estimate of drug-likeness (QED) is 0.414. The van der Waals surface area contributed by atoms with E-state index in [4.69, 9.17) is 0 Å². The zero-order chi connectivity index (χ0) is 20.8. The first-order chi connectivity index (χ1) is 15.3. The van der Waals surface area contributed by atoms with Crippen LogP contribution in [-0.4, -0.2) is 30.1 Å². The van der Waals surface area contributed by atoms with Crippen molar-refractivity contribution in [1.82, 2.24) is 30.1 Å². The maximum atomic E-state index is 13.4. The molecule has 0 saturated carbocycles. The van der Waals surface area contributed by atoms with Crippen molar-refractivity contribution in [3.8, 4) is 33.6 Å². The molecule has 0 aliphatic carbocycles. The molecule has 6 rings (SSSR count). The fourth-order valence-electron chi connectivity index (χ4n) is 3.85. The average Bonchev–Trinajstić information content (AvgIpc) is 3.43. The summed E-state index contributed by atoms with van der Waals surface area (Å²) in [7, 11) is 0. The molecule has 5 heterocycles. The number of hydrogen-bond donors (Lipinski definition) is 2. The van der Waals surface area contributed by atoms with E-state index in [0.717, 1.165) is 49.9 Å². The number of nitrogens with zero attached hydrogens (tertiary/aromatic N) is 4. The Kier molecular flexibility index (Phi) is 3.86. The van der Waals surface area contributed by atoms with Crippen molar-refractivity contribution >= 4 is 21.9 Å². The second-order valence-electron chi connectivity index (χ2n) is 7.27. The lowest BCUT2D eigenvalue weighted by Gasteiger charge is -2.02. The van der Waals surface area contributed by atoms with Gasteiger partial charge < -0.3 is 4.98 Å². The largest absolute Gasteiger partial charge is 0.352 e. The summed E-state index contributed by atoms with van der Waals surface area (Å²) in [4.78, 5) is 16.4. The molecule has 5 aromatic heterocycles. The molecule has 31 heavy (non-hydrogen) atoms. The van der Waals surface area contributed by atoms with Gasteiger partial charge in [0.2, 0.25) is 0 Å². The monoisotopic (exact) mass is 406 g/mol. The highest BCUT2D eigenvalue weighted by Crippen LogP contribution is 2.34. The number of hydrogen-bond acceptors (Lipinski definition) is 4. The van der Waals surface area contributed by atoms with E-state index in [0.29, 0.717) is 5.65 Å². The Morgan fingerprint density at radius 3 is 2.42 bits per heavy atom. The number of H-pyrrole nitrogens is 2. The van der Waals surface area contributed by atoms with Gasteiger partial charge in [-0.2, -0.15) is 5.10 Å². The molecule has 0 radical (unpaired) electrons. The standard InChI is InChI=1S/C24H15FN6/c25-17-3-1-15(2-4-17)20-12-27-13-22-18(20)10-21(29-22)23-19-9-16(11-28-24(19)31-30-23)14-5-7-26-8-6-14/h1-13,29H,(H,28,30,31). The van der Waals surface area contributed by atoms with Crippen LogP contribution in [0.15, 0.2) is 79.5 Å². The Balaban J connectivity index is 1.51. The number of aromatic amines is 2. The third-order valence-electron chi connectivity index (χ3n) is 5.39. The Hall–Kier alpha value is -4.39. The summed E-state index contributed by atoms with van der Waals surface area (Å²) < 4.78 is 13.4. The molecule has 148 valence electrons. The lowest BCUT2D eigenvalue weighted by atomic mass is 10.0. The number of halogens is 1. The van der Waals surface area contributed by atoms with Crippen LogP contribution in [0.2, 0.25) is 0 Å². The van der Waals surface area contributed by atoms with E-state index < -0.39 is 0 Å². The molecule has 7 heteroatoms. The Bertz CT molecular complexity index is 1530. The van der Waals surface area contributed by atoms with Crippen molar-refractivity contribution < 1.29 is 4.39 Å². The first-order valence-corrected chi connectivity index (χ1v) is 9.74. The van der Waals surface area contributed by atoms with Crippen LogP contribution in [0.25, 0.3) is 55.6 Å². The highest BCUT2D eigenvalue weighted by atomic mass is 19.1. The molecule has 0 amide bonds. The van der Waals surface area contributed by atoms with E-state index in [2.05, 4.69) is 42.3 Å². The molecule has 0 spiro atoms. The normalized spacial score (nSPS) is 11.4. The van der Waals surface area contributed by atoms with Crippen molar-refractivity contribution in [3.63, 3.8) is 0 Å². The summed E-state index contributed by atoms with van der Waals surface area (Å²) in [5, 5.41) is 9.39. The maximum Gasteiger partial charge on any atom is 0.181 e. The third kappa shape index (κ3) is 2.95. The van der Waals surface area contributed by atoms with Gasteiger partial charge in [0.05, 0.1) is 23.1 Å². The number of fused-ring (bicyclic) bond motifs is 2. The Labute approximate surface area is 175 Å². The highest BCUT2D eigenvalue weighted by molar-refractivity contribution is 6.00. The zero-order valence-corrected chi connectivity index (χ0v) is 16.2. The van der Waals surface area contributed by atoms with E-state index in [-0.39, 0.29) is 5.82 Å². The molecule has 0 fully saturated rings. The van der Waals surface area contributed by atoms with Crippen LogP contribution in [0.3, 0.4) is 0 Å². The van der Waals surface area contributed by atoms with Gasteiger partial charge >= 0.3 is 0 Å². The van der Waals surface area contributed by atoms with Crippen molar-refractivity contribution in [2.24, 2.45) is 0 Å². The zero-order valence-electron chi connectivity index (χ0n) is 16.2. The summed E-state index contributed by atoms with van der Waals surface area (Å²) in [6, 6.07) is 14.5. The van der Waals surface area contributed by atoms with Gasteiger partial charge in [0.15, 0.2) is 5.65 Å². The smallest absolute Gasteiger partial charge is 0.181 e. The first-order valence-electron chi connectivity index (χ1n) is 9.74. The Morgan fingerprint density at radius 1 is 0.742 bits per heavy atom. The molecule has 2 N–H and O–H groups in total. The van der Waals surface area contributed by atoms with Gasteiger partial charge in [-0.1, -0.05) is 12.1 Å². The van der Waals surface area contributed by atoms with Gasteiger partial charge in [-0.3, -0.25) is 15.1 Å². The first kappa shape index (κ1) is 17.5. The van der Waals surface area contributed by atoms with Crippen LogP contribution in [-0.2, 0) is 0 Å². The van der Waals surface area contributed by atoms with Crippen molar-refractivity contribution in [3.05, 3.63) is 85.3 Å². The van der Waals surface area contributed by atoms with E-state index in [9.17, 15) is 4.39 Å². The van der Waals surface area contributed by atoms with E-state index in [1.807, 2.05) is 18.3 Å². The highest BCUT2D eigenvalue weighted by Gasteiger charge is 2.15. The Morgan fingerprint density at radius 2 is 1.58 bits per heavy atom. The van der Waals surface area contributed by atoms with Gasteiger partial charge in [-0.25, -0.2) is 9.37 Å². The summed E-state index contributed by atoms with van der Waals surface area (Å²) >= 11 is 0. The number of aromatic nitrogens is 6. The second-order valence-corrected chi connectivity index (χ2v) is 7.27. The molecular formula is C24H15FN6. The third-order valence-corrected chi connectivity index (χ3v) is 5.39. The number of nitrogens with one attached hydrogen (secondary N) is 2. The molecule has 6 nitrogen and oxygen atoms in total. The second kappa shape index (κ2) is 6.84. The van der Waals surface area contributed by atoms with Crippen molar-refractivity contribution in [2.75, 3.05) is 0 Å². The predicted octanol–water partition coefficient (Wildman–Crippen LogP) is 5.37. The van der Waals surface area contributed by atoms with E-state index in [1.165, 1.54) is 12.1 Å². The van der Waals surface area contributed by atoms with Gasteiger partial charge in [0.1, 0.15) is 5.82 Å². The summed E-state index contributed by atoms with van der Waals surface area (Å²) in [6.45, 7) is 0. The topological polar surface area (TPSA) is 83.1 Å². The number of pyridine rings is 3. The van der Waals surface area contributed by atoms with E-state index in [1.54, 1.807) is 36.9 Å². The number of benzene rings is 1. The predicted molar refractivity (Wildman–Crippen MR) is 118 cm³/mol. The molecule has 0 aliphatic rings. The minimum atomic E-state index is -0.264. The summed E-state index contributed by atoms with van der Waals surface area (Å²) in [6.07, 6.45) is 8.91.